The molecule has 3 rings (SSSR count). The van der Waals surface area contributed by atoms with E-state index in [1.54, 1.807) is 47.7 Å². The third-order valence-electron chi connectivity index (χ3n) is 3.31. The summed E-state index contributed by atoms with van der Waals surface area (Å²) in [5, 5.41) is 4.83. The van der Waals surface area contributed by atoms with Gasteiger partial charge in [0.15, 0.2) is 5.78 Å². The summed E-state index contributed by atoms with van der Waals surface area (Å²) in [5.74, 6) is 0.280. The molecule has 0 aliphatic rings. The van der Waals surface area contributed by atoms with Crippen molar-refractivity contribution in [3.8, 4) is 0 Å². The van der Waals surface area contributed by atoms with E-state index in [0.29, 0.717) is 22.6 Å². The van der Waals surface area contributed by atoms with E-state index in [0.717, 1.165) is 4.21 Å². The summed E-state index contributed by atoms with van der Waals surface area (Å²) in [5.41, 5.74) is 1.95. The molecule has 0 saturated heterocycles. The number of nitrogens with one attached hydrogen (secondary N) is 1. The molecule has 1 amide bonds. The van der Waals surface area contributed by atoms with Gasteiger partial charge in [0.2, 0.25) is 5.91 Å². The zero-order valence-corrected chi connectivity index (χ0v) is 14.4. The first-order valence-corrected chi connectivity index (χ1v) is 9.25. The summed E-state index contributed by atoms with van der Waals surface area (Å²) in [6.07, 6.45) is 0. The van der Waals surface area contributed by atoms with Crippen molar-refractivity contribution in [2.24, 2.45) is 0 Å². The second-order valence-electron chi connectivity index (χ2n) is 5.04. The zero-order chi connectivity index (χ0) is 16.8. The van der Waals surface area contributed by atoms with Crippen molar-refractivity contribution in [1.29, 1.82) is 0 Å². The Labute approximate surface area is 148 Å². The molecule has 2 aromatic carbocycles. The van der Waals surface area contributed by atoms with Gasteiger partial charge in [-0.15, -0.1) is 23.1 Å². The van der Waals surface area contributed by atoms with Crippen LogP contribution in [0.4, 0.5) is 5.69 Å². The maximum atomic E-state index is 12.3. The van der Waals surface area contributed by atoms with Gasteiger partial charge in [-0.25, -0.2) is 0 Å². The van der Waals surface area contributed by atoms with Gasteiger partial charge in [0, 0.05) is 16.8 Å². The van der Waals surface area contributed by atoms with E-state index in [1.165, 1.54) is 11.8 Å². The SMILES string of the molecule is O=C(CSc1cccs1)Nc1ccc(C(=O)c2ccccc2)cc1. The molecular weight excluding hydrogens is 338 g/mol. The van der Waals surface area contributed by atoms with Crippen LogP contribution in [-0.4, -0.2) is 17.4 Å². The summed E-state index contributed by atoms with van der Waals surface area (Å²) in [6.45, 7) is 0. The third kappa shape index (κ3) is 4.34. The van der Waals surface area contributed by atoms with Gasteiger partial charge in [0.1, 0.15) is 0 Å². The fourth-order valence-corrected chi connectivity index (χ4v) is 3.72. The second-order valence-corrected chi connectivity index (χ2v) is 7.26. The molecular formula is C19H15NO2S2. The van der Waals surface area contributed by atoms with Crippen LogP contribution >= 0.6 is 23.1 Å². The quantitative estimate of drug-likeness (QED) is 0.516. The predicted molar refractivity (Wildman–Crippen MR) is 100.0 cm³/mol. The van der Waals surface area contributed by atoms with Crippen molar-refractivity contribution in [1.82, 2.24) is 0 Å². The third-order valence-corrected chi connectivity index (χ3v) is 5.44. The molecule has 3 aromatic rings. The van der Waals surface area contributed by atoms with Gasteiger partial charge in [-0.3, -0.25) is 9.59 Å². The predicted octanol–water partition coefficient (Wildman–Crippen LogP) is 4.71. The summed E-state index contributed by atoms with van der Waals surface area (Å²) < 4.78 is 1.12. The zero-order valence-electron chi connectivity index (χ0n) is 12.8. The second kappa shape index (κ2) is 7.95. The lowest BCUT2D eigenvalue weighted by molar-refractivity contribution is -0.113. The van der Waals surface area contributed by atoms with Gasteiger partial charge in [-0.2, -0.15) is 0 Å². The van der Waals surface area contributed by atoms with E-state index >= 15 is 0 Å². The number of amides is 1. The number of benzene rings is 2. The smallest absolute Gasteiger partial charge is 0.234 e. The Morgan fingerprint density at radius 2 is 1.58 bits per heavy atom. The Kier molecular flexibility index (Phi) is 5.46. The average Bonchev–Trinajstić information content (AvgIpc) is 3.14. The highest BCUT2D eigenvalue weighted by atomic mass is 32.2. The first-order chi connectivity index (χ1) is 11.7. The highest BCUT2D eigenvalue weighted by molar-refractivity contribution is 8.01. The van der Waals surface area contributed by atoms with E-state index in [1.807, 2.05) is 35.7 Å². The molecule has 120 valence electrons. The number of hydrogen-bond donors (Lipinski definition) is 1. The summed E-state index contributed by atoms with van der Waals surface area (Å²) >= 11 is 3.13. The summed E-state index contributed by atoms with van der Waals surface area (Å²) in [6, 6.07) is 20.1. The van der Waals surface area contributed by atoms with Crippen LogP contribution in [0.2, 0.25) is 0 Å². The van der Waals surface area contributed by atoms with Gasteiger partial charge < -0.3 is 5.32 Å². The topological polar surface area (TPSA) is 46.2 Å². The molecule has 3 nitrogen and oxygen atoms in total. The summed E-state index contributed by atoms with van der Waals surface area (Å²) in [4.78, 5) is 24.3. The number of anilines is 1. The van der Waals surface area contributed by atoms with Crippen molar-refractivity contribution in [2.45, 2.75) is 4.21 Å². The molecule has 0 aliphatic carbocycles. The minimum absolute atomic E-state index is 0.0262. The number of carbonyl (C=O) groups is 2. The Balaban J connectivity index is 1.58. The van der Waals surface area contributed by atoms with Crippen LogP contribution in [-0.2, 0) is 4.79 Å². The normalized spacial score (nSPS) is 10.3. The minimum Gasteiger partial charge on any atom is -0.325 e. The first kappa shape index (κ1) is 16.5. The molecule has 0 aliphatic heterocycles. The number of thiophene rings is 1. The number of carbonyl (C=O) groups excluding carboxylic acids is 2. The molecule has 0 atom stereocenters. The van der Waals surface area contributed by atoms with E-state index in [4.69, 9.17) is 0 Å². The molecule has 1 heterocycles. The molecule has 1 N–H and O–H groups in total. The van der Waals surface area contributed by atoms with Crippen molar-refractivity contribution in [3.05, 3.63) is 83.2 Å². The largest absolute Gasteiger partial charge is 0.325 e. The fourth-order valence-electron chi connectivity index (χ4n) is 2.14. The van der Waals surface area contributed by atoms with Crippen LogP contribution in [0.15, 0.2) is 76.3 Å². The van der Waals surface area contributed by atoms with Crippen molar-refractivity contribution < 1.29 is 9.59 Å². The van der Waals surface area contributed by atoms with E-state index in [-0.39, 0.29) is 11.7 Å². The van der Waals surface area contributed by atoms with Gasteiger partial charge in [-0.1, -0.05) is 36.4 Å². The van der Waals surface area contributed by atoms with Crippen molar-refractivity contribution in [2.75, 3.05) is 11.1 Å². The maximum Gasteiger partial charge on any atom is 0.234 e. The van der Waals surface area contributed by atoms with Crippen LogP contribution in [0, 0.1) is 0 Å². The van der Waals surface area contributed by atoms with Crippen LogP contribution < -0.4 is 5.32 Å². The Bertz CT molecular complexity index is 812. The highest BCUT2D eigenvalue weighted by Gasteiger charge is 2.09. The van der Waals surface area contributed by atoms with Gasteiger partial charge in [0.05, 0.1) is 9.96 Å². The number of rotatable bonds is 6. The molecule has 24 heavy (non-hydrogen) atoms. The Hall–Kier alpha value is -2.37. The van der Waals surface area contributed by atoms with Crippen molar-refractivity contribution in [3.63, 3.8) is 0 Å². The van der Waals surface area contributed by atoms with Gasteiger partial charge in [0.25, 0.3) is 0 Å². The number of ketones is 1. The van der Waals surface area contributed by atoms with Gasteiger partial charge >= 0.3 is 0 Å². The lowest BCUT2D eigenvalue weighted by Gasteiger charge is -2.06. The first-order valence-electron chi connectivity index (χ1n) is 7.38. The van der Waals surface area contributed by atoms with Crippen LogP contribution in [0.5, 0.6) is 0 Å². The Morgan fingerprint density at radius 1 is 0.875 bits per heavy atom. The molecule has 5 heteroatoms. The fraction of sp³-hybridized carbons (Fsp3) is 0.0526. The lowest BCUT2D eigenvalue weighted by atomic mass is 10.0. The monoisotopic (exact) mass is 353 g/mol. The molecule has 0 spiro atoms. The highest BCUT2D eigenvalue weighted by Crippen LogP contribution is 2.23. The standard InChI is InChI=1S/C19H15NO2S2/c21-17(13-24-18-7-4-12-23-18)20-16-10-8-15(9-11-16)19(22)14-5-2-1-3-6-14/h1-12H,13H2,(H,20,21). The van der Waals surface area contributed by atoms with E-state index < -0.39 is 0 Å². The van der Waals surface area contributed by atoms with Crippen LogP contribution in [0.25, 0.3) is 0 Å². The molecule has 1 aromatic heterocycles. The van der Waals surface area contributed by atoms with Crippen LogP contribution in [0.3, 0.4) is 0 Å². The van der Waals surface area contributed by atoms with Crippen LogP contribution in [0.1, 0.15) is 15.9 Å². The van der Waals surface area contributed by atoms with Gasteiger partial charge in [-0.05, 0) is 35.7 Å². The summed E-state index contributed by atoms with van der Waals surface area (Å²) in [7, 11) is 0. The molecule has 0 saturated carbocycles. The minimum atomic E-state index is -0.0597. The molecule has 0 bridgehead atoms. The molecule has 0 fully saturated rings. The van der Waals surface area contributed by atoms with Crippen molar-refractivity contribution >= 4 is 40.5 Å². The maximum absolute atomic E-state index is 12.3. The number of thioether (sulfide) groups is 1. The molecule has 0 unspecified atom stereocenters. The number of hydrogen-bond acceptors (Lipinski definition) is 4. The lowest BCUT2D eigenvalue weighted by Crippen LogP contribution is -2.14. The average molecular weight is 353 g/mol. The Morgan fingerprint density at radius 3 is 2.25 bits per heavy atom. The molecule has 0 radical (unpaired) electrons. The van der Waals surface area contributed by atoms with E-state index in [9.17, 15) is 9.59 Å². The van der Waals surface area contributed by atoms with E-state index in [2.05, 4.69) is 5.32 Å².